The van der Waals surface area contributed by atoms with Crippen molar-refractivity contribution >= 4 is 16.7 Å². The van der Waals surface area contributed by atoms with Crippen molar-refractivity contribution in [2.75, 3.05) is 59.5 Å². The van der Waals surface area contributed by atoms with E-state index in [9.17, 15) is 9.18 Å². The number of Topliss-reactive ketones (excluding diaryl/α,β-unsaturated/α-hetero) is 1. The number of hydrogen-bond donors (Lipinski definition) is 0. The van der Waals surface area contributed by atoms with Crippen LogP contribution in [0.3, 0.4) is 0 Å². The number of pyridine rings is 2. The quantitative estimate of drug-likeness (QED) is 0.541. The van der Waals surface area contributed by atoms with Crippen LogP contribution in [0.15, 0.2) is 30.6 Å². The molecule has 1 fully saturated rings. The molecule has 0 aromatic carbocycles. The number of likely N-dealkylation sites (N-methyl/N-ethyl adjacent to an activating group) is 1. The van der Waals surface area contributed by atoms with Crippen LogP contribution < -0.4 is 0 Å². The van der Waals surface area contributed by atoms with Crippen LogP contribution in [-0.4, -0.2) is 99.8 Å². The van der Waals surface area contributed by atoms with Crippen molar-refractivity contribution in [3.05, 3.63) is 42.0 Å². The van der Waals surface area contributed by atoms with Crippen molar-refractivity contribution in [3.8, 4) is 11.3 Å². The molecule has 0 N–H and O–H groups in total. The van der Waals surface area contributed by atoms with E-state index >= 15 is 0 Å². The predicted octanol–water partition coefficient (Wildman–Crippen LogP) is 1.64. The van der Waals surface area contributed by atoms with Crippen molar-refractivity contribution in [1.82, 2.24) is 34.4 Å². The van der Waals surface area contributed by atoms with Crippen LogP contribution in [0, 0.1) is 0 Å². The number of hydrogen-bond acceptors (Lipinski definition) is 7. The number of rotatable bonds is 7. The van der Waals surface area contributed by atoms with E-state index in [1.54, 1.807) is 6.20 Å². The fraction of sp³-hybridized carbons (Fsp3) is 0.500. The Morgan fingerprint density at radius 3 is 2.70 bits per heavy atom. The molecule has 0 aliphatic carbocycles. The number of fused-ring (bicyclic) bond motifs is 2. The van der Waals surface area contributed by atoms with E-state index in [1.165, 1.54) is 0 Å². The first-order chi connectivity index (χ1) is 16.1. The van der Waals surface area contributed by atoms with E-state index < -0.39 is 0 Å². The van der Waals surface area contributed by atoms with E-state index in [0.717, 1.165) is 72.8 Å². The summed E-state index contributed by atoms with van der Waals surface area (Å²) >= 11 is 0. The van der Waals surface area contributed by atoms with Crippen molar-refractivity contribution in [1.29, 1.82) is 0 Å². The maximum absolute atomic E-state index is 12.8. The second-order valence-corrected chi connectivity index (χ2v) is 9.05. The van der Waals surface area contributed by atoms with Crippen LogP contribution in [0.4, 0.5) is 4.39 Å². The number of aromatic nitrogens is 4. The lowest BCUT2D eigenvalue weighted by Crippen LogP contribution is -2.46. The lowest BCUT2D eigenvalue weighted by molar-refractivity contribution is -0.120. The first-order valence-corrected chi connectivity index (χ1v) is 11.6. The number of halogens is 1. The molecule has 8 nitrogen and oxygen atoms in total. The molecule has 0 spiro atoms. The van der Waals surface area contributed by atoms with Gasteiger partial charge in [0.2, 0.25) is 0 Å². The highest BCUT2D eigenvalue weighted by Crippen LogP contribution is 2.27. The van der Waals surface area contributed by atoms with Crippen molar-refractivity contribution in [2.24, 2.45) is 0 Å². The second-order valence-electron chi connectivity index (χ2n) is 9.05. The largest absolute Gasteiger partial charge is 0.304 e. The fourth-order valence-corrected chi connectivity index (χ4v) is 4.64. The van der Waals surface area contributed by atoms with Gasteiger partial charge in [-0.15, -0.1) is 0 Å². The maximum Gasteiger partial charge on any atom is 0.152 e. The highest BCUT2D eigenvalue weighted by atomic mass is 19.1. The van der Waals surface area contributed by atoms with Gasteiger partial charge in [0.1, 0.15) is 6.67 Å². The van der Waals surface area contributed by atoms with Gasteiger partial charge in [0.25, 0.3) is 0 Å². The predicted molar refractivity (Wildman–Crippen MR) is 125 cm³/mol. The van der Waals surface area contributed by atoms with E-state index in [4.69, 9.17) is 4.98 Å². The van der Waals surface area contributed by atoms with Gasteiger partial charge in [0.05, 0.1) is 42.6 Å². The maximum atomic E-state index is 12.8. The Kier molecular flexibility index (Phi) is 6.43. The standard InChI is InChI=1S/C24H30FN7O/c1-29-6-8-31(9-7-29)16-20(33)12-19-13-23-18(14-26-19)2-3-22(28-23)21-15-27-32-11-10-30(5-4-25)17-24(21)32/h2-3,13-15H,4-12,16-17H2,1H3. The van der Waals surface area contributed by atoms with Gasteiger partial charge in [0, 0.05) is 68.7 Å². The zero-order valence-electron chi connectivity index (χ0n) is 19.1. The first-order valence-electron chi connectivity index (χ1n) is 11.6. The molecular formula is C24H30FN7O. The molecule has 0 radical (unpaired) electrons. The SMILES string of the molecule is CN1CCN(CC(=O)Cc2cc3nc(-c4cnn5c4CN(CCF)CC5)ccc3cn2)CC1. The third-order valence-electron chi connectivity index (χ3n) is 6.63. The molecule has 2 aliphatic rings. The highest BCUT2D eigenvalue weighted by Gasteiger charge is 2.22. The molecular weight excluding hydrogens is 421 g/mol. The van der Waals surface area contributed by atoms with Crippen LogP contribution >= 0.6 is 0 Å². The molecule has 9 heteroatoms. The monoisotopic (exact) mass is 451 g/mol. The number of nitrogens with zero attached hydrogens (tertiary/aromatic N) is 7. The van der Waals surface area contributed by atoms with Crippen molar-refractivity contribution < 1.29 is 9.18 Å². The Labute approximate surface area is 193 Å². The van der Waals surface area contributed by atoms with Gasteiger partial charge in [0.15, 0.2) is 5.78 Å². The van der Waals surface area contributed by atoms with Crippen LogP contribution in [0.1, 0.15) is 11.4 Å². The smallest absolute Gasteiger partial charge is 0.152 e. The number of ketones is 1. The van der Waals surface area contributed by atoms with E-state index in [1.807, 2.05) is 29.1 Å². The molecule has 2 aliphatic heterocycles. The normalized spacial score (nSPS) is 18.0. The molecule has 3 aromatic heterocycles. The van der Waals surface area contributed by atoms with Crippen molar-refractivity contribution in [3.63, 3.8) is 0 Å². The third kappa shape index (κ3) is 4.95. The lowest BCUT2D eigenvalue weighted by Gasteiger charge is -2.31. The third-order valence-corrected chi connectivity index (χ3v) is 6.63. The van der Waals surface area contributed by atoms with Gasteiger partial charge < -0.3 is 4.90 Å². The molecule has 1 saturated heterocycles. The average Bonchev–Trinajstić information content (AvgIpc) is 3.23. The summed E-state index contributed by atoms with van der Waals surface area (Å²) in [7, 11) is 2.11. The second kappa shape index (κ2) is 9.62. The minimum Gasteiger partial charge on any atom is -0.304 e. The summed E-state index contributed by atoms with van der Waals surface area (Å²) in [6.07, 6.45) is 3.96. The minimum atomic E-state index is -0.346. The Balaban J connectivity index is 1.33. The molecule has 0 amide bonds. The molecule has 174 valence electrons. The topological polar surface area (TPSA) is 70.4 Å². The van der Waals surface area contributed by atoms with Gasteiger partial charge in [-0.25, -0.2) is 9.37 Å². The Bertz CT molecular complexity index is 1140. The zero-order valence-corrected chi connectivity index (χ0v) is 19.1. The minimum absolute atomic E-state index is 0.182. The van der Waals surface area contributed by atoms with Crippen LogP contribution in [0.25, 0.3) is 22.2 Å². The Morgan fingerprint density at radius 1 is 1.06 bits per heavy atom. The van der Waals surface area contributed by atoms with Crippen LogP contribution in [0.5, 0.6) is 0 Å². The van der Waals surface area contributed by atoms with Gasteiger partial charge in [-0.2, -0.15) is 5.10 Å². The molecule has 0 unspecified atom stereocenters. The first kappa shape index (κ1) is 22.1. The van der Waals surface area contributed by atoms with Gasteiger partial charge >= 0.3 is 0 Å². The molecule has 5 rings (SSSR count). The summed E-state index contributed by atoms with van der Waals surface area (Å²) in [5, 5.41) is 5.46. The van der Waals surface area contributed by atoms with Crippen LogP contribution in [-0.2, 0) is 24.3 Å². The molecule has 33 heavy (non-hydrogen) atoms. The van der Waals surface area contributed by atoms with E-state index in [2.05, 4.69) is 31.8 Å². The Hall–Kier alpha value is -2.75. The summed E-state index contributed by atoms with van der Waals surface area (Å²) in [5.74, 6) is 0.182. The van der Waals surface area contributed by atoms with Gasteiger partial charge in [-0.05, 0) is 25.2 Å². The summed E-state index contributed by atoms with van der Waals surface area (Å²) in [6.45, 7) is 6.64. The highest BCUT2D eigenvalue weighted by molar-refractivity contribution is 5.85. The number of alkyl halides is 1. The summed E-state index contributed by atoms with van der Waals surface area (Å²) < 4.78 is 14.8. The summed E-state index contributed by atoms with van der Waals surface area (Å²) in [6, 6.07) is 5.91. The number of carbonyl (C=O) groups is 1. The number of carbonyl (C=O) groups excluding carboxylic acids is 1. The van der Waals surface area contributed by atoms with Gasteiger partial charge in [-0.3, -0.25) is 24.3 Å². The Morgan fingerprint density at radius 2 is 1.88 bits per heavy atom. The zero-order chi connectivity index (χ0) is 22.8. The van der Waals surface area contributed by atoms with Crippen LogP contribution in [0.2, 0.25) is 0 Å². The summed E-state index contributed by atoms with van der Waals surface area (Å²) in [5.41, 5.74) is 4.45. The van der Waals surface area contributed by atoms with Gasteiger partial charge in [-0.1, -0.05) is 0 Å². The summed E-state index contributed by atoms with van der Waals surface area (Å²) in [4.78, 5) is 28.6. The van der Waals surface area contributed by atoms with Crippen molar-refractivity contribution in [2.45, 2.75) is 19.5 Å². The lowest BCUT2D eigenvalue weighted by atomic mass is 10.1. The molecule has 0 saturated carbocycles. The molecule has 5 heterocycles. The van der Waals surface area contributed by atoms with E-state index in [-0.39, 0.29) is 12.5 Å². The number of piperazine rings is 1. The molecule has 0 atom stereocenters. The van der Waals surface area contributed by atoms with E-state index in [0.29, 0.717) is 26.1 Å². The fourth-order valence-electron chi connectivity index (χ4n) is 4.64. The molecule has 0 bridgehead atoms. The molecule has 3 aromatic rings. The average molecular weight is 452 g/mol.